The van der Waals surface area contributed by atoms with Crippen molar-refractivity contribution in [3.05, 3.63) is 69.9 Å². The molecule has 0 aromatic carbocycles. The lowest BCUT2D eigenvalue weighted by molar-refractivity contribution is 0.224. The van der Waals surface area contributed by atoms with Gasteiger partial charge in [-0.25, -0.2) is 13.2 Å². The molecule has 29 heavy (non-hydrogen) atoms. The number of rotatable bonds is 3. The van der Waals surface area contributed by atoms with Crippen molar-refractivity contribution in [3.63, 3.8) is 0 Å². The van der Waals surface area contributed by atoms with Crippen LogP contribution in [0.5, 0.6) is 0 Å². The van der Waals surface area contributed by atoms with E-state index in [1.807, 2.05) is 18.2 Å². The second-order valence-electron chi connectivity index (χ2n) is 9.21. The van der Waals surface area contributed by atoms with E-state index in [0.29, 0.717) is 36.3 Å². The quantitative estimate of drug-likeness (QED) is 0.457. The first kappa shape index (κ1) is 20.5. The van der Waals surface area contributed by atoms with Gasteiger partial charge in [-0.1, -0.05) is 61.8 Å². The summed E-state index contributed by atoms with van der Waals surface area (Å²) in [6.45, 7) is 3.92. The molecule has 0 bridgehead atoms. The van der Waals surface area contributed by atoms with Crippen LogP contribution < -0.4 is 0 Å². The first-order valence-corrected chi connectivity index (χ1v) is 11.1. The molecule has 3 unspecified atom stereocenters. The van der Waals surface area contributed by atoms with Crippen LogP contribution in [0.4, 0.5) is 13.2 Å². The zero-order valence-electron chi connectivity index (χ0n) is 17.4. The third-order valence-corrected chi connectivity index (χ3v) is 7.18. The van der Waals surface area contributed by atoms with Crippen molar-refractivity contribution in [1.82, 2.24) is 0 Å². The molecule has 0 N–H and O–H groups in total. The summed E-state index contributed by atoms with van der Waals surface area (Å²) in [5.41, 5.74) is 4.71. The van der Waals surface area contributed by atoms with E-state index in [1.165, 1.54) is 31.3 Å². The van der Waals surface area contributed by atoms with Crippen molar-refractivity contribution in [2.45, 2.75) is 77.3 Å². The Bertz CT molecular complexity index is 828. The highest BCUT2D eigenvalue weighted by molar-refractivity contribution is 5.51. The van der Waals surface area contributed by atoms with Crippen molar-refractivity contribution in [1.29, 1.82) is 0 Å². The fourth-order valence-corrected chi connectivity index (χ4v) is 5.12. The fourth-order valence-electron chi connectivity index (χ4n) is 5.12. The van der Waals surface area contributed by atoms with Crippen LogP contribution in [0.25, 0.3) is 0 Å². The summed E-state index contributed by atoms with van der Waals surface area (Å²) >= 11 is 0. The molecule has 3 atom stereocenters. The average Bonchev–Trinajstić information content (AvgIpc) is 2.73. The summed E-state index contributed by atoms with van der Waals surface area (Å²) in [4.78, 5) is 0. The van der Waals surface area contributed by atoms with Gasteiger partial charge >= 0.3 is 0 Å². The number of alkyl halides is 3. The predicted octanol–water partition coefficient (Wildman–Crippen LogP) is 7.62. The van der Waals surface area contributed by atoms with Crippen LogP contribution in [0.3, 0.4) is 0 Å². The van der Waals surface area contributed by atoms with E-state index in [2.05, 4.69) is 13.0 Å². The summed E-state index contributed by atoms with van der Waals surface area (Å²) in [5.74, 6) is 1.34. The molecule has 4 aliphatic carbocycles. The topological polar surface area (TPSA) is 0 Å². The SMILES string of the molecule is CC1=CC=C(C2=CC=C(C3=CC=C(C4CCC(C)CC4)CC3F)CC2)C(F)C1F. The van der Waals surface area contributed by atoms with Crippen LogP contribution in [0.2, 0.25) is 0 Å². The zero-order chi connectivity index (χ0) is 20.5. The lowest BCUT2D eigenvalue weighted by atomic mass is 9.75. The Morgan fingerprint density at radius 1 is 0.724 bits per heavy atom. The van der Waals surface area contributed by atoms with E-state index < -0.39 is 18.5 Å². The molecule has 156 valence electrons. The minimum Gasteiger partial charge on any atom is -0.242 e. The molecular weight excluding hydrogens is 369 g/mol. The van der Waals surface area contributed by atoms with E-state index in [9.17, 15) is 8.78 Å². The largest absolute Gasteiger partial charge is 0.242 e. The van der Waals surface area contributed by atoms with Gasteiger partial charge in [-0.3, -0.25) is 0 Å². The summed E-state index contributed by atoms with van der Waals surface area (Å²) in [6, 6.07) is 0. The van der Waals surface area contributed by atoms with Crippen LogP contribution in [0, 0.1) is 11.8 Å². The highest BCUT2D eigenvalue weighted by Gasteiger charge is 2.32. The predicted molar refractivity (Wildman–Crippen MR) is 114 cm³/mol. The summed E-state index contributed by atoms with van der Waals surface area (Å²) in [5, 5.41) is 0. The number of hydrogen-bond donors (Lipinski definition) is 0. The van der Waals surface area contributed by atoms with Crippen molar-refractivity contribution >= 4 is 0 Å². The normalized spacial score (nSPS) is 35.7. The van der Waals surface area contributed by atoms with Crippen molar-refractivity contribution in [2.24, 2.45) is 11.8 Å². The van der Waals surface area contributed by atoms with Gasteiger partial charge in [0.15, 0.2) is 12.3 Å². The Morgan fingerprint density at radius 3 is 1.97 bits per heavy atom. The number of allylic oxidation sites excluding steroid dienone is 12. The summed E-state index contributed by atoms with van der Waals surface area (Å²) < 4.78 is 43.4. The van der Waals surface area contributed by atoms with E-state index in [4.69, 9.17) is 0 Å². The van der Waals surface area contributed by atoms with E-state index in [-0.39, 0.29) is 0 Å². The van der Waals surface area contributed by atoms with Crippen LogP contribution in [-0.4, -0.2) is 18.5 Å². The van der Waals surface area contributed by atoms with Gasteiger partial charge in [0.25, 0.3) is 0 Å². The van der Waals surface area contributed by atoms with E-state index in [0.717, 1.165) is 22.6 Å². The van der Waals surface area contributed by atoms with Crippen LogP contribution in [-0.2, 0) is 0 Å². The summed E-state index contributed by atoms with van der Waals surface area (Å²) in [6.07, 6.45) is 13.8. The second-order valence-corrected chi connectivity index (χ2v) is 9.21. The molecule has 4 aliphatic rings. The van der Waals surface area contributed by atoms with Gasteiger partial charge in [0.2, 0.25) is 0 Å². The maximum Gasteiger partial charge on any atom is 0.160 e. The van der Waals surface area contributed by atoms with Crippen molar-refractivity contribution in [2.75, 3.05) is 0 Å². The molecule has 4 rings (SSSR count). The monoisotopic (exact) mass is 400 g/mol. The van der Waals surface area contributed by atoms with Gasteiger partial charge in [0.05, 0.1) is 0 Å². The Hall–Kier alpha value is -1.77. The molecule has 1 fully saturated rings. The number of hydrogen-bond acceptors (Lipinski definition) is 0. The van der Waals surface area contributed by atoms with Crippen molar-refractivity contribution < 1.29 is 13.2 Å². The molecule has 0 radical (unpaired) electrons. The standard InChI is InChI=1S/C26H31F3/c1-16-3-6-18(7-4-16)21-12-14-22(24(27)15-21)19-8-10-20(11-9-19)23-13-5-17(2)25(28)26(23)29/h5,8,10,12-14,16,18,24-26H,3-4,6-7,9,11,15H2,1-2H3. The smallest absolute Gasteiger partial charge is 0.160 e. The molecule has 0 spiro atoms. The maximum absolute atomic E-state index is 15.0. The highest BCUT2D eigenvalue weighted by Crippen LogP contribution is 2.41. The third-order valence-electron chi connectivity index (χ3n) is 7.18. The van der Waals surface area contributed by atoms with Crippen LogP contribution >= 0.6 is 0 Å². The van der Waals surface area contributed by atoms with Gasteiger partial charge in [-0.2, -0.15) is 0 Å². The molecule has 0 aromatic heterocycles. The second kappa shape index (κ2) is 8.53. The molecule has 0 saturated heterocycles. The van der Waals surface area contributed by atoms with Gasteiger partial charge in [-0.15, -0.1) is 0 Å². The van der Waals surface area contributed by atoms with Gasteiger partial charge in [-0.05, 0) is 72.3 Å². The third kappa shape index (κ3) is 4.25. The highest BCUT2D eigenvalue weighted by atomic mass is 19.2. The molecule has 0 nitrogen and oxygen atoms in total. The molecule has 0 aromatic rings. The van der Waals surface area contributed by atoms with Crippen LogP contribution in [0.1, 0.15) is 58.8 Å². The lowest BCUT2D eigenvalue weighted by Gasteiger charge is -2.31. The Balaban J connectivity index is 1.50. The minimum absolute atomic E-state index is 0.427. The Labute approximate surface area is 172 Å². The van der Waals surface area contributed by atoms with Gasteiger partial charge in [0.1, 0.15) is 6.17 Å². The molecule has 3 heteroatoms. The first-order chi connectivity index (χ1) is 13.9. The van der Waals surface area contributed by atoms with Crippen LogP contribution in [0.15, 0.2) is 69.9 Å². The molecule has 0 heterocycles. The maximum atomic E-state index is 15.0. The van der Waals surface area contributed by atoms with E-state index >= 15 is 4.39 Å². The number of halogens is 3. The fraction of sp³-hybridized carbons (Fsp3) is 0.538. The Kier molecular flexibility index (Phi) is 6.03. The average molecular weight is 401 g/mol. The van der Waals surface area contributed by atoms with E-state index in [1.54, 1.807) is 19.1 Å². The van der Waals surface area contributed by atoms with Gasteiger partial charge in [0, 0.05) is 6.42 Å². The summed E-state index contributed by atoms with van der Waals surface area (Å²) in [7, 11) is 0. The molecule has 0 amide bonds. The first-order valence-electron chi connectivity index (χ1n) is 11.1. The zero-order valence-corrected chi connectivity index (χ0v) is 17.4. The molecule has 0 aliphatic heterocycles. The minimum atomic E-state index is -1.60. The van der Waals surface area contributed by atoms with Crippen molar-refractivity contribution in [3.8, 4) is 0 Å². The molecular formula is C26H31F3. The lowest BCUT2D eigenvalue weighted by Crippen LogP contribution is -2.25. The van der Waals surface area contributed by atoms with Gasteiger partial charge < -0.3 is 0 Å². The molecule has 1 saturated carbocycles. The Morgan fingerprint density at radius 2 is 1.34 bits per heavy atom.